The van der Waals surface area contributed by atoms with E-state index < -0.39 is 11.5 Å². The van der Waals surface area contributed by atoms with Crippen LogP contribution in [0.2, 0.25) is 0 Å². The Morgan fingerprint density at radius 3 is 2.35 bits per heavy atom. The van der Waals surface area contributed by atoms with Crippen LogP contribution in [-0.2, 0) is 9.59 Å². The van der Waals surface area contributed by atoms with Crippen LogP contribution in [0.3, 0.4) is 0 Å². The summed E-state index contributed by atoms with van der Waals surface area (Å²) in [4.78, 5) is 22.5. The highest BCUT2D eigenvalue weighted by molar-refractivity contribution is 5.81. The van der Waals surface area contributed by atoms with Crippen LogP contribution >= 0.6 is 0 Å². The molecule has 0 aliphatic heterocycles. The molecule has 0 spiro atoms. The molecule has 0 fully saturated rings. The molecule has 0 saturated heterocycles. The molecule has 0 aliphatic carbocycles. The van der Waals surface area contributed by atoms with E-state index in [1.807, 2.05) is 13.8 Å². The van der Waals surface area contributed by atoms with Crippen molar-refractivity contribution in [3.05, 3.63) is 0 Å². The van der Waals surface area contributed by atoms with Crippen molar-refractivity contribution in [2.24, 2.45) is 0 Å². The van der Waals surface area contributed by atoms with Crippen LogP contribution in [0.15, 0.2) is 0 Å². The summed E-state index contributed by atoms with van der Waals surface area (Å²) in [5, 5.41) is 14.7. The number of carboxylic acids is 1. The average molecular weight is 244 g/mol. The fraction of sp³-hybridized carbons (Fsp3) is 0.833. The molecule has 0 aliphatic rings. The number of carboxylic acid groups (broad SMARTS) is 1. The molecule has 0 aromatic heterocycles. The molecular weight excluding hydrogens is 220 g/mol. The summed E-state index contributed by atoms with van der Waals surface area (Å²) in [5.74, 6) is -1.07. The number of nitrogens with one attached hydrogen (secondary N) is 2. The maximum absolute atomic E-state index is 11.4. The Morgan fingerprint density at radius 2 is 1.88 bits per heavy atom. The van der Waals surface area contributed by atoms with Gasteiger partial charge in [-0.15, -0.1) is 0 Å². The van der Waals surface area contributed by atoms with E-state index in [2.05, 4.69) is 10.6 Å². The summed E-state index contributed by atoms with van der Waals surface area (Å²) in [5.41, 5.74) is -1.02. The predicted octanol–water partition coefficient (Wildman–Crippen LogP) is 1.14. The summed E-state index contributed by atoms with van der Waals surface area (Å²) in [6, 6.07) is 0. The lowest BCUT2D eigenvalue weighted by molar-refractivity contribution is -0.144. The van der Waals surface area contributed by atoms with E-state index in [0.717, 1.165) is 19.3 Å². The van der Waals surface area contributed by atoms with Gasteiger partial charge in [0.1, 0.15) is 5.54 Å². The number of hydrogen-bond acceptors (Lipinski definition) is 3. The molecule has 0 aromatic rings. The van der Waals surface area contributed by atoms with Gasteiger partial charge in [0.2, 0.25) is 5.91 Å². The van der Waals surface area contributed by atoms with Gasteiger partial charge in [0.05, 0.1) is 6.54 Å². The number of rotatable bonds is 9. The smallest absolute Gasteiger partial charge is 0.323 e. The number of amides is 1. The summed E-state index contributed by atoms with van der Waals surface area (Å²) in [6.45, 7) is 6.27. The molecule has 5 nitrogen and oxygen atoms in total. The van der Waals surface area contributed by atoms with Gasteiger partial charge in [0.15, 0.2) is 0 Å². The summed E-state index contributed by atoms with van der Waals surface area (Å²) in [6.07, 6.45) is 3.23. The Morgan fingerprint density at radius 1 is 1.24 bits per heavy atom. The number of hydrogen-bond donors (Lipinski definition) is 3. The first-order valence-electron chi connectivity index (χ1n) is 6.21. The summed E-state index contributed by atoms with van der Waals surface area (Å²) in [7, 11) is 0. The van der Waals surface area contributed by atoms with E-state index in [-0.39, 0.29) is 12.5 Å². The second kappa shape index (κ2) is 8.06. The first-order chi connectivity index (χ1) is 7.96. The van der Waals surface area contributed by atoms with E-state index in [9.17, 15) is 9.59 Å². The van der Waals surface area contributed by atoms with Crippen molar-refractivity contribution in [2.75, 3.05) is 13.1 Å². The molecule has 17 heavy (non-hydrogen) atoms. The molecule has 100 valence electrons. The highest BCUT2D eigenvalue weighted by Crippen LogP contribution is 2.11. The minimum absolute atomic E-state index is 0.0481. The van der Waals surface area contributed by atoms with E-state index >= 15 is 0 Å². The maximum Gasteiger partial charge on any atom is 0.323 e. The van der Waals surface area contributed by atoms with Crippen LogP contribution in [-0.4, -0.2) is 35.6 Å². The Bertz CT molecular complexity index is 256. The normalized spacial score (nSPS) is 14.1. The fourth-order valence-electron chi connectivity index (χ4n) is 1.51. The third kappa shape index (κ3) is 6.26. The van der Waals surface area contributed by atoms with Gasteiger partial charge in [0, 0.05) is 6.54 Å². The van der Waals surface area contributed by atoms with E-state index in [1.54, 1.807) is 6.92 Å². The second-order valence-electron chi connectivity index (χ2n) is 4.44. The zero-order valence-electron chi connectivity index (χ0n) is 11.0. The van der Waals surface area contributed by atoms with Crippen LogP contribution in [0.4, 0.5) is 0 Å². The molecule has 0 aromatic carbocycles. The summed E-state index contributed by atoms with van der Waals surface area (Å²) < 4.78 is 0. The van der Waals surface area contributed by atoms with Crippen molar-refractivity contribution in [1.29, 1.82) is 0 Å². The van der Waals surface area contributed by atoms with Crippen molar-refractivity contribution in [2.45, 2.75) is 52.0 Å². The van der Waals surface area contributed by atoms with Gasteiger partial charge in [-0.2, -0.15) is 0 Å². The summed E-state index contributed by atoms with van der Waals surface area (Å²) >= 11 is 0. The molecular formula is C12H24N2O3. The predicted molar refractivity (Wildman–Crippen MR) is 66.9 cm³/mol. The molecule has 1 atom stereocenters. The van der Waals surface area contributed by atoms with Gasteiger partial charge < -0.3 is 10.4 Å². The highest BCUT2D eigenvalue weighted by Gasteiger charge is 2.31. The minimum atomic E-state index is -1.02. The number of carbonyl (C=O) groups is 2. The van der Waals surface area contributed by atoms with Crippen LogP contribution in [0.1, 0.15) is 46.5 Å². The molecule has 1 unspecified atom stereocenters. The average Bonchev–Trinajstić information content (AvgIpc) is 2.27. The molecule has 1 amide bonds. The standard InChI is InChI=1S/C12H24N2O3/c1-4-6-8-13-10(15)9-14-12(3,7-5-2)11(16)17/h14H,4-9H2,1-3H3,(H,13,15)(H,16,17). The van der Waals surface area contributed by atoms with Gasteiger partial charge in [0.25, 0.3) is 0 Å². The molecule has 5 heteroatoms. The van der Waals surface area contributed by atoms with E-state index in [0.29, 0.717) is 13.0 Å². The third-order valence-electron chi connectivity index (χ3n) is 2.71. The molecule has 0 heterocycles. The van der Waals surface area contributed by atoms with Gasteiger partial charge in [-0.3, -0.25) is 14.9 Å². The number of aliphatic carboxylic acids is 1. The molecule has 0 saturated carbocycles. The lowest BCUT2D eigenvalue weighted by Gasteiger charge is -2.25. The largest absolute Gasteiger partial charge is 0.480 e. The van der Waals surface area contributed by atoms with E-state index in [4.69, 9.17) is 5.11 Å². The van der Waals surface area contributed by atoms with Crippen molar-refractivity contribution < 1.29 is 14.7 Å². The quantitative estimate of drug-likeness (QED) is 0.531. The van der Waals surface area contributed by atoms with Gasteiger partial charge >= 0.3 is 5.97 Å². The van der Waals surface area contributed by atoms with Crippen molar-refractivity contribution in [3.8, 4) is 0 Å². The lowest BCUT2D eigenvalue weighted by Crippen LogP contribution is -2.52. The van der Waals surface area contributed by atoms with Gasteiger partial charge in [-0.05, 0) is 19.8 Å². The zero-order chi connectivity index (χ0) is 13.3. The highest BCUT2D eigenvalue weighted by atomic mass is 16.4. The van der Waals surface area contributed by atoms with Gasteiger partial charge in [-0.1, -0.05) is 26.7 Å². The monoisotopic (exact) mass is 244 g/mol. The van der Waals surface area contributed by atoms with Crippen LogP contribution in [0.25, 0.3) is 0 Å². The Balaban J connectivity index is 4.04. The molecule has 0 radical (unpaired) electrons. The van der Waals surface area contributed by atoms with E-state index in [1.165, 1.54) is 0 Å². The van der Waals surface area contributed by atoms with Gasteiger partial charge in [-0.25, -0.2) is 0 Å². The number of carbonyl (C=O) groups excluding carboxylic acids is 1. The maximum atomic E-state index is 11.4. The second-order valence-corrected chi connectivity index (χ2v) is 4.44. The van der Waals surface area contributed by atoms with Crippen molar-refractivity contribution in [1.82, 2.24) is 10.6 Å². The molecule has 3 N–H and O–H groups in total. The Labute approximate surface area is 103 Å². The van der Waals surface area contributed by atoms with Crippen LogP contribution in [0, 0.1) is 0 Å². The van der Waals surface area contributed by atoms with Crippen molar-refractivity contribution in [3.63, 3.8) is 0 Å². The fourth-order valence-corrected chi connectivity index (χ4v) is 1.51. The zero-order valence-corrected chi connectivity index (χ0v) is 11.0. The molecule has 0 bridgehead atoms. The van der Waals surface area contributed by atoms with Crippen LogP contribution in [0.5, 0.6) is 0 Å². The SMILES string of the molecule is CCCCNC(=O)CNC(C)(CCC)C(=O)O. The lowest BCUT2D eigenvalue weighted by atomic mass is 9.96. The minimum Gasteiger partial charge on any atom is -0.480 e. The Kier molecular flexibility index (Phi) is 7.54. The van der Waals surface area contributed by atoms with Crippen LogP contribution < -0.4 is 10.6 Å². The first kappa shape index (κ1) is 15.9. The Hall–Kier alpha value is -1.10. The van der Waals surface area contributed by atoms with Crippen molar-refractivity contribution >= 4 is 11.9 Å². The topological polar surface area (TPSA) is 78.4 Å². The third-order valence-corrected chi connectivity index (χ3v) is 2.71. The first-order valence-corrected chi connectivity index (χ1v) is 6.21. The number of unbranched alkanes of at least 4 members (excludes halogenated alkanes) is 1. The molecule has 0 rings (SSSR count).